The van der Waals surface area contributed by atoms with E-state index in [-0.39, 0.29) is 5.91 Å². The number of aryl methyl sites for hydroxylation is 1. The number of hydrogen-bond donors (Lipinski definition) is 1. The van der Waals surface area contributed by atoms with Crippen molar-refractivity contribution in [3.05, 3.63) is 58.2 Å². The van der Waals surface area contributed by atoms with Gasteiger partial charge in [0.05, 0.1) is 0 Å². The Bertz CT molecular complexity index is 585. The van der Waals surface area contributed by atoms with E-state index in [1.54, 1.807) is 18.3 Å². The fourth-order valence-corrected chi connectivity index (χ4v) is 2.07. The maximum atomic E-state index is 11.8. The number of halogens is 2. The summed E-state index contributed by atoms with van der Waals surface area (Å²) >= 11 is 11.6. The van der Waals surface area contributed by atoms with E-state index in [0.717, 1.165) is 17.9 Å². The molecule has 0 bridgehead atoms. The lowest BCUT2D eigenvalue weighted by Crippen LogP contribution is -2.12. The summed E-state index contributed by atoms with van der Waals surface area (Å²) in [7, 11) is 0. The van der Waals surface area contributed by atoms with Crippen molar-refractivity contribution in [3.63, 3.8) is 0 Å². The molecule has 20 heavy (non-hydrogen) atoms. The van der Waals surface area contributed by atoms with Crippen LogP contribution in [0.5, 0.6) is 0 Å². The van der Waals surface area contributed by atoms with Crippen molar-refractivity contribution in [3.8, 4) is 0 Å². The summed E-state index contributed by atoms with van der Waals surface area (Å²) in [5, 5.41) is 4.00. The van der Waals surface area contributed by atoms with Crippen LogP contribution < -0.4 is 5.32 Å². The summed E-state index contributed by atoms with van der Waals surface area (Å²) in [5.74, 6) is 0.419. The zero-order chi connectivity index (χ0) is 14.4. The highest BCUT2D eigenvalue weighted by Gasteiger charge is 2.04. The molecule has 2 rings (SSSR count). The van der Waals surface area contributed by atoms with Crippen LogP contribution in [0.2, 0.25) is 10.0 Å². The van der Waals surface area contributed by atoms with E-state index in [1.165, 1.54) is 5.56 Å². The van der Waals surface area contributed by atoms with Gasteiger partial charge in [-0.05, 0) is 42.7 Å². The topological polar surface area (TPSA) is 42.0 Å². The van der Waals surface area contributed by atoms with Gasteiger partial charge in [0.25, 0.3) is 0 Å². The molecule has 1 amide bonds. The second-order valence-corrected chi connectivity index (χ2v) is 5.26. The van der Waals surface area contributed by atoms with Gasteiger partial charge in [-0.1, -0.05) is 35.3 Å². The van der Waals surface area contributed by atoms with Crippen molar-refractivity contribution in [2.45, 2.75) is 19.3 Å². The van der Waals surface area contributed by atoms with Gasteiger partial charge in [-0.25, -0.2) is 4.98 Å². The second-order valence-electron chi connectivity index (χ2n) is 4.39. The van der Waals surface area contributed by atoms with Crippen molar-refractivity contribution in [2.75, 3.05) is 5.32 Å². The van der Waals surface area contributed by atoms with Gasteiger partial charge in [0.2, 0.25) is 5.91 Å². The summed E-state index contributed by atoms with van der Waals surface area (Å²) in [4.78, 5) is 15.8. The Balaban J connectivity index is 1.76. The first-order valence-electron chi connectivity index (χ1n) is 6.29. The molecule has 0 aliphatic carbocycles. The number of amides is 1. The molecule has 0 atom stereocenters. The minimum atomic E-state index is -0.0614. The molecule has 0 radical (unpaired) electrons. The summed E-state index contributed by atoms with van der Waals surface area (Å²) in [6.45, 7) is 0. The fourth-order valence-electron chi connectivity index (χ4n) is 1.78. The van der Waals surface area contributed by atoms with E-state index < -0.39 is 0 Å². The summed E-state index contributed by atoms with van der Waals surface area (Å²) in [5.41, 5.74) is 1.17. The zero-order valence-corrected chi connectivity index (χ0v) is 12.3. The molecule has 0 aliphatic heterocycles. The number of rotatable bonds is 5. The minimum Gasteiger partial charge on any atom is -0.311 e. The Hall–Kier alpha value is -1.58. The number of hydrogen-bond acceptors (Lipinski definition) is 2. The van der Waals surface area contributed by atoms with Gasteiger partial charge >= 0.3 is 0 Å². The average molecular weight is 309 g/mol. The van der Waals surface area contributed by atoms with Gasteiger partial charge in [-0.3, -0.25) is 4.79 Å². The van der Waals surface area contributed by atoms with Crippen LogP contribution in [-0.4, -0.2) is 10.9 Å². The van der Waals surface area contributed by atoms with Crippen molar-refractivity contribution in [1.82, 2.24) is 4.98 Å². The maximum Gasteiger partial charge on any atom is 0.225 e. The molecule has 0 saturated heterocycles. The predicted molar refractivity (Wildman–Crippen MR) is 82.3 cm³/mol. The van der Waals surface area contributed by atoms with E-state index >= 15 is 0 Å². The summed E-state index contributed by atoms with van der Waals surface area (Å²) in [6.07, 6.45) is 3.62. The minimum absolute atomic E-state index is 0.0614. The third kappa shape index (κ3) is 4.83. The largest absolute Gasteiger partial charge is 0.311 e. The van der Waals surface area contributed by atoms with Crippen LogP contribution in [0.15, 0.2) is 42.6 Å². The van der Waals surface area contributed by atoms with Gasteiger partial charge in [0.15, 0.2) is 0 Å². The molecule has 1 N–H and O–H groups in total. The Morgan fingerprint density at radius 3 is 2.55 bits per heavy atom. The first-order chi connectivity index (χ1) is 9.63. The fraction of sp³-hybridized carbons (Fsp3) is 0.200. The van der Waals surface area contributed by atoms with E-state index in [9.17, 15) is 4.79 Å². The highest BCUT2D eigenvalue weighted by atomic mass is 35.5. The lowest BCUT2D eigenvalue weighted by molar-refractivity contribution is -0.116. The maximum absolute atomic E-state index is 11.8. The molecule has 1 aromatic carbocycles. The second kappa shape index (κ2) is 7.27. The third-order valence-electron chi connectivity index (χ3n) is 2.77. The van der Waals surface area contributed by atoms with Crippen LogP contribution in [0.4, 0.5) is 5.82 Å². The number of nitrogens with one attached hydrogen (secondary N) is 1. The molecule has 0 spiro atoms. The molecule has 0 aliphatic rings. The molecule has 1 heterocycles. The van der Waals surface area contributed by atoms with E-state index in [2.05, 4.69) is 10.3 Å². The Kier molecular flexibility index (Phi) is 5.39. The Labute approximate surface area is 127 Å². The van der Waals surface area contributed by atoms with Crippen molar-refractivity contribution >= 4 is 34.9 Å². The molecule has 5 heteroatoms. The Morgan fingerprint density at radius 2 is 1.85 bits per heavy atom. The normalized spacial score (nSPS) is 10.3. The highest BCUT2D eigenvalue weighted by molar-refractivity contribution is 6.31. The molecule has 0 unspecified atom stereocenters. The van der Waals surface area contributed by atoms with Crippen LogP contribution in [0.3, 0.4) is 0 Å². The summed E-state index contributed by atoms with van der Waals surface area (Å²) < 4.78 is 0. The van der Waals surface area contributed by atoms with E-state index in [0.29, 0.717) is 17.3 Å². The molecule has 1 aromatic heterocycles. The quantitative estimate of drug-likeness (QED) is 0.892. The number of carbonyl (C=O) groups excluding carboxylic acids is 1. The summed E-state index contributed by atoms with van der Waals surface area (Å²) in [6, 6.07) is 10.9. The third-order valence-corrected chi connectivity index (χ3v) is 3.26. The van der Waals surface area contributed by atoms with Crippen LogP contribution in [0.25, 0.3) is 0 Å². The van der Waals surface area contributed by atoms with Crippen LogP contribution in [0, 0.1) is 0 Å². The van der Waals surface area contributed by atoms with Crippen molar-refractivity contribution in [2.24, 2.45) is 0 Å². The Morgan fingerprint density at radius 1 is 1.10 bits per heavy atom. The first kappa shape index (κ1) is 14.8. The molecule has 3 nitrogen and oxygen atoms in total. The van der Waals surface area contributed by atoms with E-state index in [4.69, 9.17) is 23.2 Å². The average Bonchev–Trinajstić information content (AvgIpc) is 2.41. The molecule has 2 aromatic rings. The number of carbonyl (C=O) groups is 1. The van der Waals surface area contributed by atoms with Crippen LogP contribution in [-0.2, 0) is 11.2 Å². The number of aromatic nitrogens is 1. The monoisotopic (exact) mass is 308 g/mol. The lowest BCUT2D eigenvalue weighted by atomic mass is 10.1. The van der Waals surface area contributed by atoms with Crippen LogP contribution >= 0.6 is 23.2 Å². The van der Waals surface area contributed by atoms with Crippen LogP contribution in [0.1, 0.15) is 18.4 Å². The van der Waals surface area contributed by atoms with Gasteiger partial charge in [0.1, 0.15) is 5.82 Å². The molecular formula is C15H14Cl2N2O. The SMILES string of the molecule is O=C(CCCc1ccc(Cl)cc1)Nc1cc(Cl)ccn1. The zero-order valence-electron chi connectivity index (χ0n) is 10.8. The van der Waals surface area contributed by atoms with Gasteiger partial charge in [0, 0.05) is 22.7 Å². The van der Waals surface area contributed by atoms with Gasteiger partial charge in [-0.2, -0.15) is 0 Å². The number of nitrogens with zero attached hydrogens (tertiary/aromatic N) is 1. The molecule has 0 fully saturated rings. The van der Waals surface area contributed by atoms with Crippen molar-refractivity contribution in [1.29, 1.82) is 0 Å². The number of anilines is 1. The smallest absolute Gasteiger partial charge is 0.225 e. The lowest BCUT2D eigenvalue weighted by Gasteiger charge is -2.05. The van der Waals surface area contributed by atoms with Crippen molar-refractivity contribution < 1.29 is 4.79 Å². The highest BCUT2D eigenvalue weighted by Crippen LogP contribution is 2.14. The predicted octanol–water partition coefficient (Wildman–Crippen LogP) is 4.35. The number of benzene rings is 1. The van der Waals surface area contributed by atoms with E-state index in [1.807, 2.05) is 24.3 Å². The first-order valence-corrected chi connectivity index (χ1v) is 7.05. The number of pyridine rings is 1. The van der Waals surface area contributed by atoms with Gasteiger partial charge < -0.3 is 5.32 Å². The molecule has 104 valence electrons. The van der Waals surface area contributed by atoms with Gasteiger partial charge in [-0.15, -0.1) is 0 Å². The standard InChI is InChI=1S/C15H14Cl2N2O/c16-12-6-4-11(5-7-12)2-1-3-15(20)19-14-10-13(17)8-9-18-14/h4-10H,1-3H2,(H,18,19,20). The molecular weight excluding hydrogens is 295 g/mol. The molecule has 0 saturated carbocycles.